The Bertz CT molecular complexity index is 766. The Hall–Kier alpha value is -2.22. The van der Waals surface area contributed by atoms with E-state index in [-0.39, 0.29) is 25.8 Å². The van der Waals surface area contributed by atoms with Gasteiger partial charge in [0.1, 0.15) is 35.8 Å². The van der Waals surface area contributed by atoms with Gasteiger partial charge in [-0.05, 0) is 43.2 Å². The minimum atomic E-state index is -0.776. The van der Waals surface area contributed by atoms with E-state index in [0.29, 0.717) is 24.5 Å². The van der Waals surface area contributed by atoms with E-state index in [1.807, 2.05) is 4.90 Å². The zero-order chi connectivity index (χ0) is 20.6. The molecular weight excluding hydrogens is 380 g/mol. The normalized spacial score (nSPS) is 17.5. The van der Waals surface area contributed by atoms with Crippen LogP contribution in [0.25, 0.3) is 0 Å². The van der Waals surface area contributed by atoms with E-state index < -0.39 is 17.7 Å². The van der Waals surface area contributed by atoms with Crippen LogP contribution in [-0.4, -0.2) is 55.6 Å². The van der Waals surface area contributed by atoms with Crippen LogP contribution < -0.4 is 9.47 Å². The van der Waals surface area contributed by atoms with Crippen molar-refractivity contribution in [3.8, 4) is 11.5 Å². The molecule has 0 aromatic heterocycles. The maximum absolute atomic E-state index is 14.1. The van der Waals surface area contributed by atoms with Crippen molar-refractivity contribution in [1.82, 2.24) is 4.90 Å². The molecule has 0 saturated carbocycles. The highest BCUT2D eigenvalue weighted by atomic mass is 19.1. The predicted molar refractivity (Wildman–Crippen MR) is 105 cm³/mol. The number of methoxy groups -OCH3 is 1. The Morgan fingerprint density at radius 2 is 1.93 bits per heavy atom. The molecule has 0 amide bonds. The molecule has 1 saturated heterocycles. The van der Waals surface area contributed by atoms with Crippen molar-refractivity contribution in [3.05, 3.63) is 59.7 Å². The number of aliphatic hydroxyl groups excluding tert-OH is 1. The number of nitrogens with zero attached hydrogens (tertiary/aromatic N) is 1. The number of aliphatic hydroxyl groups is 1. The van der Waals surface area contributed by atoms with E-state index in [1.165, 1.54) is 12.1 Å². The molecule has 5 nitrogen and oxygen atoms in total. The molecule has 0 unspecified atom stereocenters. The Balaban J connectivity index is 1.58. The van der Waals surface area contributed by atoms with Crippen molar-refractivity contribution in [3.63, 3.8) is 0 Å². The van der Waals surface area contributed by atoms with E-state index in [1.54, 1.807) is 31.4 Å². The Kier molecular flexibility index (Phi) is 7.80. The van der Waals surface area contributed by atoms with Crippen molar-refractivity contribution in [2.75, 3.05) is 33.4 Å². The third-order valence-corrected chi connectivity index (χ3v) is 4.87. The van der Waals surface area contributed by atoms with Crippen LogP contribution in [0.2, 0.25) is 0 Å². The lowest BCUT2D eigenvalue weighted by atomic mass is 10.1. The predicted octanol–water partition coefficient (Wildman–Crippen LogP) is 3.39. The number of ether oxygens (including phenoxy) is 3. The average molecular weight is 407 g/mol. The Morgan fingerprint density at radius 3 is 2.59 bits per heavy atom. The molecule has 0 spiro atoms. The summed E-state index contributed by atoms with van der Waals surface area (Å²) in [7, 11) is 1.59. The fourth-order valence-corrected chi connectivity index (χ4v) is 3.39. The van der Waals surface area contributed by atoms with Crippen LogP contribution in [0.3, 0.4) is 0 Å². The molecule has 0 radical (unpaired) electrons. The number of hydrogen-bond donors (Lipinski definition) is 1. The number of rotatable bonds is 10. The second-order valence-electron chi connectivity index (χ2n) is 7.21. The van der Waals surface area contributed by atoms with E-state index in [0.717, 1.165) is 24.7 Å². The lowest BCUT2D eigenvalue weighted by Crippen LogP contribution is -2.39. The van der Waals surface area contributed by atoms with Gasteiger partial charge in [-0.3, -0.25) is 4.90 Å². The fourth-order valence-electron chi connectivity index (χ4n) is 3.39. The molecule has 158 valence electrons. The lowest BCUT2D eigenvalue weighted by Gasteiger charge is -2.27. The Labute approximate surface area is 169 Å². The first-order chi connectivity index (χ1) is 14.0. The number of benzene rings is 2. The van der Waals surface area contributed by atoms with Gasteiger partial charge < -0.3 is 19.3 Å². The molecule has 1 aliphatic rings. The van der Waals surface area contributed by atoms with Gasteiger partial charge in [0.05, 0.1) is 13.2 Å². The molecule has 3 rings (SSSR count). The van der Waals surface area contributed by atoms with Crippen molar-refractivity contribution < 1.29 is 28.1 Å². The SMILES string of the molecule is COc1ccc(OC[C@H](O)CN(Cc2ccc(F)cc2F)C[C@@H]2CCCO2)cc1. The highest BCUT2D eigenvalue weighted by molar-refractivity contribution is 5.31. The molecule has 0 aliphatic carbocycles. The molecule has 1 N–H and O–H groups in total. The maximum atomic E-state index is 14.1. The third-order valence-electron chi connectivity index (χ3n) is 4.87. The van der Waals surface area contributed by atoms with Crippen molar-refractivity contribution in [2.24, 2.45) is 0 Å². The highest BCUT2D eigenvalue weighted by Crippen LogP contribution is 2.19. The van der Waals surface area contributed by atoms with Crippen LogP contribution in [-0.2, 0) is 11.3 Å². The van der Waals surface area contributed by atoms with Crippen molar-refractivity contribution in [1.29, 1.82) is 0 Å². The molecule has 2 aromatic carbocycles. The summed E-state index contributed by atoms with van der Waals surface area (Å²) in [5, 5.41) is 10.5. The second kappa shape index (κ2) is 10.5. The maximum Gasteiger partial charge on any atom is 0.130 e. The third kappa shape index (κ3) is 6.66. The molecular formula is C22H27F2NO4. The van der Waals surface area contributed by atoms with Gasteiger partial charge >= 0.3 is 0 Å². The molecule has 2 aromatic rings. The molecule has 2 atom stereocenters. The van der Waals surface area contributed by atoms with E-state index in [9.17, 15) is 13.9 Å². The van der Waals surface area contributed by atoms with Gasteiger partial charge in [0.25, 0.3) is 0 Å². The van der Waals surface area contributed by atoms with Gasteiger partial charge in [0, 0.05) is 37.9 Å². The monoisotopic (exact) mass is 407 g/mol. The molecule has 0 bridgehead atoms. The molecule has 7 heteroatoms. The molecule has 29 heavy (non-hydrogen) atoms. The fraction of sp³-hybridized carbons (Fsp3) is 0.455. The summed E-state index contributed by atoms with van der Waals surface area (Å²) in [5.41, 5.74) is 0.382. The first kappa shape index (κ1) is 21.5. The summed E-state index contributed by atoms with van der Waals surface area (Å²) in [6.07, 6.45) is 1.20. The second-order valence-corrected chi connectivity index (χ2v) is 7.21. The van der Waals surface area contributed by atoms with Crippen LogP contribution in [0.1, 0.15) is 18.4 Å². The minimum Gasteiger partial charge on any atom is -0.497 e. The molecule has 1 heterocycles. The van der Waals surface area contributed by atoms with Crippen LogP contribution >= 0.6 is 0 Å². The minimum absolute atomic E-state index is 0.0493. The summed E-state index contributed by atoms with van der Waals surface area (Å²) in [4.78, 5) is 1.92. The van der Waals surface area contributed by atoms with Crippen LogP contribution in [0.15, 0.2) is 42.5 Å². The smallest absolute Gasteiger partial charge is 0.130 e. The van der Waals surface area contributed by atoms with Gasteiger partial charge in [-0.25, -0.2) is 8.78 Å². The summed E-state index contributed by atoms with van der Waals surface area (Å²) in [6.45, 7) is 1.92. The Morgan fingerprint density at radius 1 is 1.17 bits per heavy atom. The van der Waals surface area contributed by atoms with E-state index in [2.05, 4.69) is 0 Å². The van der Waals surface area contributed by atoms with Crippen molar-refractivity contribution >= 4 is 0 Å². The topological polar surface area (TPSA) is 51.2 Å². The largest absolute Gasteiger partial charge is 0.497 e. The summed E-state index contributed by atoms with van der Waals surface area (Å²) >= 11 is 0. The van der Waals surface area contributed by atoms with Crippen molar-refractivity contribution in [2.45, 2.75) is 31.6 Å². The van der Waals surface area contributed by atoms with E-state index >= 15 is 0 Å². The van der Waals surface area contributed by atoms with Gasteiger partial charge in [-0.15, -0.1) is 0 Å². The lowest BCUT2D eigenvalue weighted by molar-refractivity contribution is 0.0309. The number of hydrogen-bond acceptors (Lipinski definition) is 5. The standard InChI is InChI=1S/C22H27F2NO4/c1-27-19-6-8-20(9-7-19)29-15-18(26)13-25(14-21-3-2-10-28-21)12-16-4-5-17(23)11-22(16)24/h4-9,11,18,21,26H,2-3,10,12-15H2,1H3/t18-,21+/m1/s1. The average Bonchev–Trinajstić information content (AvgIpc) is 3.22. The van der Waals surface area contributed by atoms with Gasteiger partial charge in [-0.1, -0.05) is 6.07 Å². The van der Waals surface area contributed by atoms with Gasteiger partial charge in [-0.2, -0.15) is 0 Å². The highest BCUT2D eigenvalue weighted by Gasteiger charge is 2.22. The van der Waals surface area contributed by atoms with Gasteiger partial charge in [0.2, 0.25) is 0 Å². The first-order valence-corrected chi connectivity index (χ1v) is 9.76. The zero-order valence-electron chi connectivity index (χ0n) is 16.5. The summed E-state index contributed by atoms with van der Waals surface area (Å²) < 4.78 is 43.7. The summed E-state index contributed by atoms with van der Waals surface area (Å²) in [6, 6.07) is 10.7. The van der Waals surface area contributed by atoms with Crippen LogP contribution in [0.4, 0.5) is 8.78 Å². The van der Waals surface area contributed by atoms with E-state index in [4.69, 9.17) is 14.2 Å². The quantitative estimate of drug-likeness (QED) is 0.654. The summed E-state index contributed by atoms with van der Waals surface area (Å²) in [5.74, 6) is 0.151. The van der Waals surface area contributed by atoms with Crippen LogP contribution in [0, 0.1) is 11.6 Å². The van der Waals surface area contributed by atoms with Gasteiger partial charge in [0.15, 0.2) is 0 Å². The number of halogens is 2. The molecule has 1 fully saturated rings. The first-order valence-electron chi connectivity index (χ1n) is 9.76. The molecule has 1 aliphatic heterocycles. The zero-order valence-corrected chi connectivity index (χ0v) is 16.5. The van der Waals surface area contributed by atoms with Crippen LogP contribution in [0.5, 0.6) is 11.5 Å².